The van der Waals surface area contributed by atoms with Crippen LogP contribution in [0.4, 0.5) is 26.3 Å². The molecule has 3 rings (SSSR count). The Labute approximate surface area is 241 Å². The zero-order valence-corrected chi connectivity index (χ0v) is 23.2. The van der Waals surface area contributed by atoms with E-state index in [4.69, 9.17) is 4.74 Å². The first-order valence-corrected chi connectivity index (χ1v) is 13.0. The van der Waals surface area contributed by atoms with Crippen LogP contribution in [0.1, 0.15) is 45.5 Å². The molecule has 3 aromatic carbocycles. The van der Waals surface area contributed by atoms with E-state index >= 15 is 0 Å². The summed E-state index contributed by atoms with van der Waals surface area (Å²) in [5.74, 6) is -0.677. The standard InChI is InChI=1S/C32H32F6N2O2/c1-5-18-40(19-6-2)29(24-9-7-8-21(3)20-24)28(30(41)42-4)39-27(22-10-14-25(15-11-22)31(33,34)35)23-12-16-26(17-13-23)32(36,37)38/h5-17,20,27-29,39H,1-2,18-19H2,3-4H3/t28-,29-/m0/s1. The molecular weight excluding hydrogens is 558 g/mol. The maximum absolute atomic E-state index is 13.4. The Hall–Kier alpha value is -3.89. The normalized spacial score (nSPS) is 13.6. The molecule has 0 unspecified atom stereocenters. The van der Waals surface area contributed by atoms with Gasteiger partial charge < -0.3 is 4.74 Å². The van der Waals surface area contributed by atoms with Crippen molar-refractivity contribution in [2.24, 2.45) is 0 Å². The molecule has 3 aromatic rings. The molecular formula is C32H32F6N2O2. The molecule has 0 radical (unpaired) electrons. The van der Waals surface area contributed by atoms with Crippen LogP contribution < -0.4 is 5.32 Å². The Balaban J connectivity index is 2.20. The van der Waals surface area contributed by atoms with E-state index in [1.807, 2.05) is 36.1 Å². The second-order valence-electron chi connectivity index (χ2n) is 9.73. The highest BCUT2D eigenvalue weighted by Crippen LogP contribution is 2.35. The number of halogens is 6. The van der Waals surface area contributed by atoms with Gasteiger partial charge in [-0.15, -0.1) is 13.2 Å². The highest BCUT2D eigenvalue weighted by molar-refractivity contribution is 5.77. The zero-order chi connectivity index (χ0) is 31.1. The molecule has 4 nitrogen and oxygen atoms in total. The Morgan fingerprint density at radius 1 is 0.833 bits per heavy atom. The topological polar surface area (TPSA) is 41.6 Å². The number of ether oxygens (including phenoxy) is 1. The van der Waals surface area contributed by atoms with E-state index in [-0.39, 0.29) is 0 Å². The van der Waals surface area contributed by atoms with Crippen LogP contribution in [-0.4, -0.2) is 37.1 Å². The summed E-state index contributed by atoms with van der Waals surface area (Å²) in [6.45, 7) is 10.2. The lowest BCUT2D eigenvalue weighted by Gasteiger charge is -2.37. The number of carbonyl (C=O) groups excluding carboxylic acids is 1. The number of benzene rings is 3. The SMILES string of the molecule is C=CCN(CC=C)[C@@H](c1cccc(C)c1)[C@H](NC(c1ccc(C(F)(F)F)cc1)c1ccc(C(F)(F)F)cc1)C(=O)OC. The monoisotopic (exact) mass is 590 g/mol. The molecule has 0 aromatic heterocycles. The van der Waals surface area contributed by atoms with E-state index in [0.29, 0.717) is 24.2 Å². The molecule has 0 aliphatic heterocycles. The summed E-state index contributed by atoms with van der Waals surface area (Å²) in [5.41, 5.74) is 0.489. The quantitative estimate of drug-likeness (QED) is 0.134. The molecule has 0 fully saturated rings. The van der Waals surface area contributed by atoms with Gasteiger partial charge in [-0.2, -0.15) is 26.3 Å². The van der Waals surface area contributed by atoms with Crippen molar-refractivity contribution >= 4 is 5.97 Å². The van der Waals surface area contributed by atoms with Crippen LogP contribution >= 0.6 is 0 Å². The number of hydrogen-bond acceptors (Lipinski definition) is 4. The van der Waals surface area contributed by atoms with E-state index in [1.165, 1.54) is 31.4 Å². The summed E-state index contributed by atoms with van der Waals surface area (Å²) in [6, 6.07) is 13.2. The van der Waals surface area contributed by atoms with E-state index < -0.39 is 47.6 Å². The number of nitrogens with one attached hydrogen (secondary N) is 1. The average Bonchev–Trinajstić information content (AvgIpc) is 2.94. The smallest absolute Gasteiger partial charge is 0.416 e. The van der Waals surface area contributed by atoms with Crippen molar-refractivity contribution in [2.75, 3.05) is 20.2 Å². The van der Waals surface area contributed by atoms with Gasteiger partial charge in [-0.1, -0.05) is 66.2 Å². The lowest BCUT2D eigenvalue weighted by molar-refractivity contribution is -0.145. The van der Waals surface area contributed by atoms with Crippen LogP contribution in [0, 0.1) is 6.92 Å². The van der Waals surface area contributed by atoms with Crippen LogP contribution in [-0.2, 0) is 21.9 Å². The fourth-order valence-electron chi connectivity index (χ4n) is 4.81. The third-order valence-electron chi connectivity index (χ3n) is 6.76. The number of aryl methyl sites for hydroxylation is 1. The van der Waals surface area contributed by atoms with Crippen LogP contribution in [0.3, 0.4) is 0 Å². The number of carbonyl (C=O) groups is 1. The lowest BCUT2D eigenvalue weighted by atomic mass is 9.91. The van der Waals surface area contributed by atoms with Gasteiger partial charge in [-0.05, 0) is 47.9 Å². The molecule has 0 amide bonds. The largest absolute Gasteiger partial charge is 0.468 e. The fourth-order valence-corrected chi connectivity index (χ4v) is 4.81. The summed E-state index contributed by atoms with van der Waals surface area (Å²) in [6.07, 6.45) is -5.86. The van der Waals surface area contributed by atoms with Crippen LogP contribution in [0.2, 0.25) is 0 Å². The van der Waals surface area contributed by atoms with Crippen LogP contribution in [0.5, 0.6) is 0 Å². The van der Waals surface area contributed by atoms with Gasteiger partial charge in [0.1, 0.15) is 6.04 Å². The fraction of sp³-hybridized carbons (Fsp3) is 0.281. The van der Waals surface area contributed by atoms with Crippen molar-refractivity contribution in [3.8, 4) is 0 Å². The van der Waals surface area contributed by atoms with Crippen molar-refractivity contribution in [1.82, 2.24) is 10.2 Å². The number of alkyl halides is 6. The van der Waals surface area contributed by atoms with Gasteiger partial charge >= 0.3 is 18.3 Å². The predicted octanol–water partition coefficient (Wildman–Crippen LogP) is 7.67. The van der Waals surface area contributed by atoms with Crippen molar-refractivity contribution in [2.45, 2.75) is 37.4 Å². The summed E-state index contributed by atoms with van der Waals surface area (Å²) < 4.78 is 85.1. The molecule has 1 N–H and O–H groups in total. The molecule has 224 valence electrons. The number of methoxy groups -OCH3 is 1. The van der Waals surface area contributed by atoms with Gasteiger partial charge in [0.15, 0.2) is 0 Å². The van der Waals surface area contributed by atoms with E-state index in [2.05, 4.69) is 18.5 Å². The molecule has 0 bridgehead atoms. The van der Waals surface area contributed by atoms with Gasteiger partial charge in [-0.3, -0.25) is 15.0 Å². The first kappa shape index (κ1) is 32.6. The van der Waals surface area contributed by atoms with E-state index in [1.54, 1.807) is 12.2 Å². The van der Waals surface area contributed by atoms with Gasteiger partial charge in [0.2, 0.25) is 0 Å². The Kier molecular flexibility index (Phi) is 10.8. The molecule has 0 spiro atoms. The first-order valence-electron chi connectivity index (χ1n) is 13.0. The second kappa shape index (κ2) is 13.8. The summed E-state index contributed by atoms with van der Waals surface area (Å²) >= 11 is 0. The molecule has 0 aliphatic carbocycles. The minimum Gasteiger partial charge on any atom is -0.468 e. The molecule has 10 heteroatoms. The van der Waals surface area contributed by atoms with Crippen LogP contribution in [0.25, 0.3) is 0 Å². The van der Waals surface area contributed by atoms with Gasteiger partial charge in [0.05, 0.1) is 30.3 Å². The number of hydrogen-bond donors (Lipinski definition) is 1. The molecule has 0 aliphatic rings. The maximum Gasteiger partial charge on any atom is 0.416 e. The summed E-state index contributed by atoms with van der Waals surface area (Å²) in [4.78, 5) is 15.3. The number of rotatable bonds is 12. The van der Waals surface area contributed by atoms with Crippen molar-refractivity contribution in [3.63, 3.8) is 0 Å². The molecule has 0 saturated carbocycles. The third kappa shape index (κ3) is 8.10. The minimum atomic E-state index is -4.59. The minimum absolute atomic E-state index is 0.304. The molecule has 0 heterocycles. The predicted molar refractivity (Wildman–Crippen MR) is 150 cm³/mol. The molecule has 2 atom stereocenters. The Bertz CT molecular complexity index is 1280. The van der Waals surface area contributed by atoms with Crippen molar-refractivity contribution in [3.05, 3.63) is 131 Å². The van der Waals surface area contributed by atoms with Crippen LogP contribution in [0.15, 0.2) is 98.1 Å². The second-order valence-corrected chi connectivity index (χ2v) is 9.73. The van der Waals surface area contributed by atoms with Crippen molar-refractivity contribution in [1.29, 1.82) is 0 Å². The van der Waals surface area contributed by atoms with Gasteiger partial charge in [-0.25, -0.2) is 0 Å². The van der Waals surface area contributed by atoms with Gasteiger partial charge in [0.25, 0.3) is 0 Å². The lowest BCUT2D eigenvalue weighted by Crippen LogP contribution is -2.50. The van der Waals surface area contributed by atoms with E-state index in [0.717, 1.165) is 35.4 Å². The number of esters is 1. The Morgan fingerprint density at radius 2 is 1.31 bits per heavy atom. The van der Waals surface area contributed by atoms with Crippen molar-refractivity contribution < 1.29 is 35.9 Å². The highest BCUT2D eigenvalue weighted by Gasteiger charge is 2.37. The molecule has 0 saturated heterocycles. The summed E-state index contributed by atoms with van der Waals surface area (Å²) in [5, 5.41) is 3.22. The maximum atomic E-state index is 13.4. The van der Waals surface area contributed by atoms with E-state index in [9.17, 15) is 31.1 Å². The first-order chi connectivity index (χ1) is 19.8. The van der Waals surface area contributed by atoms with Gasteiger partial charge in [0, 0.05) is 13.1 Å². The highest BCUT2D eigenvalue weighted by atomic mass is 19.4. The molecule has 42 heavy (non-hydrogen) atoms. The zero-order valence-electron chi connectivity index (χ0n) is 23.2. The summed E-state index contributed by atoms with van der Waals surface area (Å²) in [7, 11) is 1.21. The average molecular weight is 591 g/mol. The Morgan fingerprint density at radius 3 is 1.69 bits per heavy atom. The third-order valence-corrected chi connectivity index (χ3v) is 6.76. The number of nitrogens with zero attached hydrogens (tertiary/aromatic N) is 1.